The number of rotatable bonds is 8. The summed E-state index contributed by atoms with van der Waals surface area (Å²) in [5.41, 5.74) is 19.8. The zero-order chi connectivity index (χ0) is 50.8. The summed E-state index contributed by atoms with van der Waals surface area (Å²) in [5.74, 6) is 0. The summed E-state index contributed by atoms with van der Waals surface area (Å²) in [7, 11) is 0. The summed E-state index contributed by atoms with van der Waals surface area (Å²) in [6.07, 6.45) is 0. The first-order valence-corrected chi connectivity index (χ1v) is 28.3. The SMILES string of the molecule is c1ccc(-c2cc(-c3ccccc3)cc(-c3c4ccccc4c(-c4cccc5c4[se]c4cccc(-c6c7ccccc7c(-c7cc(-c8ccccc8)cc(-c8ccccc8)c7)c7ccccc67)c45)c4ccccc34)c2)cc1. The second-order valence-corrected chi connectivity index (χ2v) is 22.4. The molecular formula is C76H48Se. The van der Waals surface area contributed by atoms with Gasteiger partial charge in [0.05, 0.1) is 0 Å². The van der Waals surface area contributed by atoms with Gasteiger partial charge in [-0.25, -0.2) is 0 Å². The Morgan fingerprint density at radius 1 is 0.182 bits per heavy atom. The van der Waals surface area contributed by atoms with Crippen molar-refractivity contribution in [2.24, 2.45) is 0 Å². The van der Waals surface area contributed by atoms with E-state index in [0.29, 0.717) is 0 Å². The Morgan fingerprint density at radius 2 is 0.455 bits per heavy atom. The standard InChI is InChI=1S/C76H48Se/c1-5-23-49(24-6-1)53-43-54(50-25-7-2-8-26-50)46-57(45-53)71-59-31-13-17-35-63(59)73(64-36-18-14-32-60(64)71)67-39-22-42-70-75(67)69-41-21-40-68(76(69)77-70)74-65-37-19-15-33-61(65)72(62-34-16-20-38-66(62)74)58-47-55(51-27-9-3-10-28-51)44-56(48-58)52-29-11-4-12-30-52/h1-48H. The van der Waals surface area contributed by atoms with Gasteiger partial charge >= 0.3 is 409 Å². The van der Waals surface area contributed by atoms with Crippen LogP contribution in [-0.2, 0) is 0 Å². The minimum absolute atomic E-state index is 0.0456. The molecule has 0 N–H and O–H groups in total. The van der Waals surface area contributed by atoms with Gasteiger partial charge in [-0.1, -0.05) is 48.5 Å². The summed E-state index contributed by atoms with van der Waals surface area (Å²) < 4.78 is 2.87. The Morgan fingerprint density at radius 3 is 0.818 bits per heavy atom. The Kier molecular flexibility index (Phi) is 11.0. The molecule has 0 unspecified atom stereocenters. The Bertz CT molecular complexity index is 4530. The third-order valence-electron chi connectivity index (χ3n) is 15.8. The molecule has 0 fully saturated rings. The molecule has 0 aliphatic rings. The Hall–Kier alpha value is -9.36. The summed E-state index contributed by atoms with van der Waals surface area (Å²) in [6, 6.07) is 108. The van der Waals surface area contributed by atoms with Crippen LogP contribution in [-0.4, -0.2) is 14.5 Å². The van der Waals surface area contributed by atoms with E-state index in [1.807, 2.05) is 0 Å². The predicted molar refractivity (Wildman–Crippen MR) is 332 cm³/mol. The molecule has 77 heavy (non-hydrogen) atoms. The fourth-order valence-corrected chi connectivity index (χ4v) is 15.1. The second kappa shape index (κ2) is 18.8. The van der Waals surface area contributed by atoms with Crippen molar-refractivity contribution in [3.63, 3.8) is 0 Å². The van der Waals surface area contributed by atoms with E-state index in [2.05, 4.69) is 291 Å². The van der Waals surface area contributed by atoms with E-state index in [-0.39, 0.29) is 14.5 Å². The van der Waals surface area contributed by atoms with E-state index < -0.39 is 0 Å². The van der Waals surface area contributed by atoms with Crippen molar-refractivity contribution in [3.8, 4) is 89.0 Å². The van der Waals surface area contributed by atoms with E-state index in [1.165, 1.54) is 151 Å². The molecule has 0 saturated heterocycles. The maximum atomic E-state index is 2.40. The van der Waals surface area contributed by atoms with Crippen molar-refractivity contribution in [2.75, 3.05) is 0 Å². The molecule has 15 aromatic rings. The molecule has 15 rings (SSSR count). The molecule has 0 bridgehead atoms. The van der Waals surface area contributed by atoms with Gasteiger partial charge in [-0.05, 0) is 0 Å². The Balaban J connectivity index is 0.959. The van der Waals surface area contributed by atoms with Gasteiger partial charge in [0.15, 0.2) is 0 Å². The molecule has 0 saturated carbocycles. The third kappa shape index (κ3) is 7.66. The number of hydrogen-bond acceptors (Lipinski definition) is 0. The summed E-state index contributed by atoms with van der Waals surface area (Å²) >= 11 is 0.0456. The fraction of sp³-hybridized carbons (Fsp3) is 0. The van der Waals surface area contributed by atoms with Crippen molar-refractivity contribution in [1.29, 1.82) is 0 Å². The van der Waals surface area contributed by atoms with Crippen LogP contribution >= 0.6 is 0 Å². The third-order valence-corrected chi connectivity index (χ3v) is 18.3. The first-order valence-electron chi connectivity index (χ1n) is 26.6. The van der Waals surface area contributed by atoms with E-state index in [0.717, 1.165) is 0 Å². The van der Waals surface area contributed by atoms with Crippen LogP contribution in [0.1, 0.15) is 0 Å². The first-order chi connectivity index (χ1) is 38.2. The van der Waals surface area contributed by atoms with Crippen molar-refractivity contribution in [3.05, 3.63) is 291 Å². The van der Waals surface area contributed by atoms with Gasteiger partial charge in [0.2, 0.25) is 0 Å². The fourth-order valence-electron chi connectivity index (χ4n) is 12.4. The summed E-state index contributed by atoms with van der Waals surface area (Å²) in [5, 5.41) is 12.8. The van der Waals surface area contributed by atoms with Crippen LogP contribution in [0.2, 0.25) is 0 Å². The molecule has 0 aliphatic heterocycles. The Labute approximate surface area is 454 Å². The molecular weight excluding hydrogens is 992 g/mol. The van der Waals surface area contributed by atoms with Gasteiger partial charge in [-0.15, -0.1) is 0 Å². The molecule has 1 heteroatoms. The first kappa shape index (κ1) is 45.1. The molecule has 0 nitrogen and oxygen atoms in total. The van der Waals surface area contributed by atoms with E-state index >= 15 is 0 Å². The number of fused-ring (bicyclic) bond motifs is 7. The van der Waals surface area contributed by atoms with Crippen LogP contribution in [0.15, 0.2) is 291 Å². The predicted octanol–water partition coefficient (Wildman–Crippen LogP) is 21.0. The van der Waals surface area contributed by atoms with Gasteiger partial charge in [0.1, 0.15) is 0 Å². The molecule has 0 amide bonds. The van der Waals surface area contributed by atoms with Gasteiger partial charge in [-0.2, -0.15) is 0 Å². The topological polar surface area (TPSA) is 0 Å². The quantitative estimate of drug-likeness (QED) is 0.105. The van der Waals surface area contributed by atoms with E-state index in [1.54, 1.807) is 0 Å². The zero-order valence-electron chi connectivity index (χ0n) is 42.1. The minimum atomic E-state index is 0.0456. The van der Waals surface area contributed by atoms with Crippen LogP contribution in [0.5, 0.6) is 0 Å². The van der Waals surface area contributed by atoms with Gasteiger partial charge in [0, 0.05) is 0 Å². The second-order valence-electron chi connectivity index (χ2n) is 20.2. The van der Waals surface area contributed by atoms with Crippen LogP contribution in [0.25, 0.3) is 151 Å². The average Bonchev–Trinajstić information content (AvgIpc) is 3.97. The molecule has 0 radical (unpaired) electrons. The maximum absolute atomic E-state index is 2.40. The van der Waals surface area contributed by atoms with E-state index in [9.17, 15) is 0 Å². The van der Waals surface area contributed by atoms with Crippen LogP contribution in [0.3, 0.4) is 0 Å². The molecule has 1 aromatic heterocycles. The average molecular weight is 1040 g/mol. The van der Waals surface area contributed by atoms with Gasteiger partial charge in [-0.3, -0.25) is 0 Å². The summed E-state index contributed by atoms with van der Waals surface area (Å²) in [4.78, 5) is 0. The van der Waals surface area contributed by atoms with Crippen molar-refractivity contribution < 1.29 is 0 Å². The zero-order valence-corrected chi connectivity index (χ0v) is 43.8. The van der Waals surface area contributed by atoms with Crippen molar-refractivity contribution in [2.45, 2.75) is 0 Å². The molecule has 0 spiro atoms. The molecule has 358 valence electrons. The molecule has 0 aliphatic carbocycles. The van der Waals surface area contributed by atoms with Crippen LogP contribution in [0, 0.1) is 0 Å². The normalized spacial score (nSPS) is 11.6. The number of benzene rings is 14. The summed E-state index contributed by atoms with van der Waals surface area (Å²) in [6.45, 7) is 0. The van der Waals surface area contributed by atoms with E-state index in [4.69, 9.17) is 0 Å². The number of hydrogen-bond donors (Lipinski definition) is 0. The van der Waals surface area contributed by atoms with Gasteiger partial charge in [0.25, 0.3) is 0 Å². The molecule has 0 atom stereocenters. The van der Waals surface area contributed by atoms with Crippen LogP contribution < -0.4 is 0 Å². The van der Waals surface area contributed by atoms with Crippen LogP contribution in [0.4, 0.5) is 0 Å². The monoisotopic (exact) mass is 1040 g/mol. The van der Waals surface area contributed by atoms with Crippen molar-refractivity contribution >= 4 is 76.9 Å². The van der Waals surface area contributed by atoms with Gasteiger partial charge < -0.3 is 0 Å². The molecule has 1 heterocycles. The van der Waals surface area contributed by atoms with Crippen molar-refractivity contribution in [1.82, 2.24) is 0 Å². The molecule has 14 aromatic carbocycles.